The zero-order valence-corrected chi connectivity index (χ0v) is 15.0. The third-order valence-electron chi connectivity index (χ3n) is 5.33. The fraction of sp³-hybridized carbons (Fsp3) is 0.350. The van der Waals surface area contributed by atoms with E-state index in [0.717, 1.165) is 53.8 Å². The summed E-state index contributed by atoms with van der Waals surface area (Å²) in [7, 11) is 2.03. The van der Waals surface area contributed by atoms with E-state index >= 15 is 0 Å². The lowest BCUT2D eigenvalue weighted by Crippen LogP contribution is -2.41. The van der Waals surface area contributed by atoms with E-state index in [-0.39, 0.29) is 6.04 Å². The largest absolute Gasteiger partial charge is 0.465 e. The van der Waals surface area contributed by atoms with E-state index in [4.69, 9.17) is 4.98 Å². The van der Waals surface area contributed by atoms with Crippen LogP contribution in [0.3, 0.4) is 0 Å². The number of fused-ring (bicyclic) bond motifs is 3. The van der Waals surface area contributed by atoms with Crippen LogP contribution in [0.5, 0.6) is 0 Å². The fourth-order valence-corrected chi connectivity index (χ4v) is 3.86. The van der Waals surface area contributed by atoms with Gasteiger partial charge < -0.3 is 9.67 Å². The zero-order valence-electron chi connectivity index (χ0n) is 15.0. The molecule has 0 spiro atoms. The van der Waals surface area contributed by atoms with E-state index < -0.39 is 6.09 Å². The van der Waals surface area contributed by atoms with Crippen LogP contribution in [0.25, 0.3) is 11.0 Å². The minimum absolute atomic E-state index is 0.00711. The topological polar surface area (TPSA) is 71.2 Å². The fourth-order valence-electron chi connectivity index (χ4n) is 3.86. The quantitative estimate of drug-likeness (QED) is 0.784. The van der Waals surface area contributed by atoms with E-state index in [0.29, 0.717) is 0 Å². The number of aryl methyl sites for hydroxylation is 4. The van der Waals surface area contributed by atoms with Crippen LogP contribution in [0.15, 0.2) is 36.7 Å². The first-order valence-electron chi connectivity index (χ1n) is 8.94. The molecule has 1 aromatic carbocycles. The minimum atomic E-state index is -0.897. The van der Waals surface area contributed by atoms with Crippen LogP contribution in [0.4, 0.5) is 10.5 Å². The molecule has 0 unspecified atom stereocenters. The number of aromatic nitrogens is 3. The van der Waals surface area contributed by atoms with Crippen molar-refractivity contribution in [1.29, 1.82) is 0 Å². The van der Waals surface area contributed by atoms with Crippen molar-refractivity contribution in [3.8, 4) is 0 Å². The molecule has 0 radical (unpaired) electrons. The number of rotatable bonds is 3. The van der Waals surface area contributed by atoms with Gasteiger partial charge in [0, 0.05) is 37.5 Å². The SMILES string of the molecule is C[C@H]1CCc2c(ccc3c2nc(CCc2ccncc2)n3C)N1C(=O)O. The van der Waals surface area contributed by atoms with Crippen LogP contribution < -0.4 is 4.90 Å². The van der Waals surface area contributed by atoms with Gasteiger partial charge in [-0.25, -0.2) is 9.78 Å². The molecule has 26 heavy (non-hydrogen) atoms. The van der Waals surface area contributed by atoms with Gasteiger partial charge in [-0.1, -0.05) is 0 Å². The molecule has 2 aromatic heterocycles. The Bertz CT molecular complexity index is 965. The predicted molar refractivity (Wildman–Crippen MR) is 101 cm³/mol. The summed E-state index contributed by atoms with van der Waals surface area (Å²) in [4.78, 5) is 22.1. The molecule has 0 bridgehead atoms. The van der Waals surface area contributed by atoms with Crippen LogP contribution in [0, 0.1) is 0 Å². The number of imidazole rings is 1. The van der Waals surface area contributed by atoms with Gasteiger partial charge in [-0.2, -0.15) is 0 Å². The summed E-state index contributed by atoms with van der Waals surface area (Å²) >= 11 is 0. The number of carbonyl (C=O) groups is 1. The lowest BCUT2D eigenvalue weighted by atomic mass is 9.96. The van der Waals surface area contributed by atoms with E-state index in [9.17, 15) is 9.90 Å². The summed E-state index contributed by atoms with van der Waals surface area (Å²) in [6.45, 7) is 1.96. The molecule has 0 saturated carbocycles. The molecule has 1 amide bonds. The lowest BCUT2D eigenvalue weighted by Gasteiger charge is -2.33. The molecule has 6 heteroatoms. The third-order valence-corrected chi connectivity index (χ3v) is 5.33. The average molecular weight is 350 g/mol. The molecular formula is C20H22N4O2. The molecule has 1 aliphatic heterocycles. The summed E-state index contributed by atoms with van der Waals surface area (Å²) in [5, 5.41) is 9.59. The number of amides is 1. The number of hydrogen-bond acceptors (Lipinski definition) is 3. The van der Waals surface area contributed by atoms with E-state index in [1.165, 1.54) is 10.5 Å². The van der Waals surface area contributed by atoms with E-state index in [2.05, 4.69) is 9.55 Å². The number of pyridine rings is 1. The number of carboxylic acid groups (broad SMARTS) is 1. The summed E-state index contributed by atoms with van der Waals surface area (Å²) in [5.41, 5.74) is 5.07. The first kappa shape index (κ1) is 16.6. The monoisotopic (exact) mass is 350 g/mol. The molecule has 6 nitrogen and oxygen atoms in total. The molecule has 3 aromatic rings. The highest BCUT2D eigenvalue weighted by atomic mass is 16.4. The standard InChI is InChI=1S/C20H22N4O2/c1-13-3-5-15-16(24(13)20(25)26)6-7-17-19(15)22-18(23(17)2)8-4-14-9-11-21-12-10-14/h6-7,9-13H,3-5,8H2,1-2H3,(H,25,26)/t13-/m0/s1. The number of hydrogen-bond donors (Lipinski definition) is 1. The van der Waals surface area contributed by atoms with Gasteiger partial charge in [0.25, 0.3) is 0 Å². The Kier molecular flexibility index (Phi) is 4.11. The summed E-state index contributed by atoms with van der Waals surface area (Å²) in [5.74, 6) is 1.02. The molecule has 4 rings (SSSR count). The van der Waals surface area contributed by atoms with Crippen LogP contribution in [0.1, 0.15) is 30.3 Å². The second kappa shape index (κ2) is 6.44. The molecule has 0 aliphatic carbocycles. The van der Waals surface area contributed by atoms with Crippen molar-refractivity contribution in [3.63, 3.8) is 0 Å². The Hall–Kier alpha value is -2.89. The van der Waals surface area contributed by atoms with Gasteiger partial charge in [-0.05, 0) is 56.0 Å². The van der Waals surface area contributed by atoms with Gasteiger partial charge in [0.15, 0.2) is 0 Å². The van der Waals surface area contributed by atoms with Crippen molar-refractivity contribution in [2.24, 2.45) is 7.05 Å². The Labute approximate surface area is 152 Å². The molecule has 3 heterocycles. The Morgan fingerprint density at radius 1 is 1.23 bits per heavy atom. The summed E-state index contributed by atoms with van der Waals surface area (Å²) in [6, 6.07) is 7.96. The predicted octanol–water partition coefficient (Wildman–Crippen LogP) is 3.57. The first-order chi connectivity index (χ1) is 12.6. The summed E-state index contributed by atoms with van der Waals surface area (Å²) < 4.78 is 2.12. The van der Waals surface area contributed by atoms with Gasteiger partial charge in [0.2, 0.25) is 0 Å². The molecule has 1 N–H and O–H groups in total. The van der Waals surface area contributed by atoms with Gasteiger partial charge in [0.1, 0.15) is 5.82 Å². The van der Waals surface area contributed by atoms with Crippen LogP contribution in [0.2, 0.25) is 0 Å². The van der Waals surface area contributed by atoms with Crippen molar-refractivity contribution in [3.05, 3.63) is 53.6 Å². The Morgan fingerprint density at radius 2 is 2.00 bits per heavy atom. The van der Waals surface area contributed by atoms with Gasteiger partial charge in [-0.15, -0.1) is 0 Å². The van der Waals surface area contributed by atoms with E-state index in [1.54, 1.807) is 0 Å². The number of anilines is 1. The zero-order chi connectivity index (χ0) is 18.3. The highest BCUT2D eigenvalue weighted by molar-refractivity contribution is 5.94. The highest BCUT2D eigenvalue weighted by Crippen LogP contribution is 2.36. The smallest absolute Gasteiger partial charge is 0.412 e. The van der Waals surface area contributed by atoms with Gasteiger partial charge >= 0.3 is 6.09 Å². The third kappa shape index (κ3) is 2.71. The summed E-state index contributed by atoms with van der Waals surface area (Å²) in [6.07, 6.45) is 6.14. The van der Waals surface area contributed by atoms with Crippen LogP contribution in [-0.4, -0.2) is 31.8 Å². The maximum atomic E-state index is 11.7. The molecular weight excluding hydrogens is 328 g/mol. The molecule has 1 aliphatic rings. The van der Waals surface area contributed by atoms with Crippen LogP contribution in [-0.2, 0) is 26.3 Å². The first-order valence-corrected chi connectivity index (χ1v) is 8.94. The van der Waals surface area contributed by atoms with Crippen molar-refractivity contribution >= 4 is 22.8 Å². The Balaban J connectivity index is 1.72. The van der Waals surface area contributed by atoms with Crippen molar-refractivity contribution < 1.29 is 9.90 Å². The van der Waals surface area contributed by atoms with Crippen LogP contribution >= 0.6 is 0 Å². The second-order valence-electron chi connectivity index (χ2n) is 6.91. The maximum Gasteiger partial charge on any atom is 0.412 e. The van der Waals surface area contributed by atoms with Crippen molar-refractivity contribution in [2.75, 3.05) is 4.90 Å². The molecule has 1 atom stereocenters. The number of benzene rings is 1. The minimum Gasteiger partial charge on any atom is -0.465 e. The highest BCUT2D eigenvalue weighted by Gasteiger charge is 2.30. The maximum absolute atomic E-state index is 11.7. The van der Waals surface area contributed by atoms with E-state index in [1.807, 2.05) is 50.6 Å². The molecule has 0 fully saturated rings. The Morgan fingerprint density at radius 3 is 2.73 bits per heavy atom. The average Bonchev–Trinajstić information content (AvgIpc) is 2.96. The number of nitrogens with zero attached hydrogens (tertiary/aromatic N) is 4. The van der Waals surface area contributed by atoms with Crippen molar-refractivity contribution in [1.82, 2.24) is 14.5 Å². The van der Waals surface area contributed by atoms with Crippen molar-refractivity contribution in [2.45, 2.75) is 38.6 Å². The van der Waals surface area contributed by atoms with Gasteiger partial charge in [-0.3, -0.25) is 9.88 Å². The molecule has 0 saturated heterocycles. The molecule has 134 valence electrons. The van der Waals surface area contributed by atoms with Gasteiger partial charge in [0.05, 0.1) is 16.7 Å². The normalized spacial score (nSPS) is 16.7. The lowest BCUT2D eigenvalue weighted by molar-refractivity contribution is 0.198. The second-order valence-corrected chi connectivity index (χ2v) is 6.91.